The number of hydrogen-bond acceptors (Lipinski definition) is 7. The summed E-state index contributed by atoms with van der Waals surface area (Å²) in [7, 11) is 1.88. The summed E-state index contributed by atoms with van der Waals surface area (Å²) in [5.74, 6) is 0.638. The first-order chi connectivity index (χ1) is 14.1. The van der Waals surface area contributed by atoms with E-state index in [1.165, 1.54) is 11.3 Å². The second-order valence-corrected chi connectivity index (χ2v) is 8.51. The molecule has 4 rings (SSSR count). The number of nitrogens with two attached hydrogens (primary N) is 1. The van der Waals surface area contributed by atoms with Gasteiger partial charge in [-0.25, -0.2) is 4.98 Å². The molecule has 0 unspecified atom stereocenters. The van der Waals surface area contributed by atoms with Crippen molar-refractivity contribution < 1.29 is 0 Å². The van der Waals surface area contributed by atoms with Gasteiger partial charge in [0.15, 0.2) is 0 Å². The van der Waals surface area contributed by atoms with Crippen molar-refractivity contribution >= 4 is 27.5 Å². The van der Waals surface area contributed by atoms with Crippen LogP contribution in [-0.2, 0) is 13.1 Å². The molecule has 0 bridgehead atoms. The number of piperidine rings is 1. The standard InChI is InChI=1S/C21H24N6OS/c1-24-11-17-9-18-19(29-17)20(28)27(12-15-6-3-2-5-14(15)10-22)21(25-18)26-8-4-7-16(23)13-26/h2-3,5-6,9,16,24H,4,7-8,11-13,23H2,1H3/t16-/m1/s1. The van der Waals surface area contributed by atoms with Gasteiger partial charge in [-0.3, -0.25) is 9.36 Å². The zero-order valence-electron chi connectivity index (χ0n) is 16.4. The fourth-order valence-corrected chi connectivity index (χ4v) is 4.88. The highest BCUT2D eigenvalue weighted by molar-refractivity contribution is 7.18. The molecule has 1 atom stereocenters. The van der Waals surface area contributed by atoms with Crippen LogP contribution in [0.15, 0.2) is 35.1 Å². The molecule has 150 valence electrons. The Bertz CT molecular complexity index is 1130. The third kappa shape index (κ3) is 3.90. The van der Waals surface area contributed by atoms with Gasteiger partial charge in [-0.2, -0.15) is 5.26 Å². The Morgan fingerprint density at radius 3 is 3.00 bits per heavy atom. The van der Waals surface area contributed by atoms with Crippen LogP contribution in [0.25, 0.3) is 10.2 Å². The number of fused-ring (bicyclic) bond motifs is 1. The number of rotatable bonds is 5. The van der Waals surface area contributed by atoms with E-state index in [-0.39, 0.29) is 11.6 Å². The van der Waals surface area contributed by atoms with Crippen molar-refractivity contribution in [2.45, 2.75) is 32.0 Å². The Kier molecular flexibility index (Phi) is 5.62. The lowest BCUT2D eigenvalue weighted by Crippen LogP contribution is -2.45. The van der Waals surface area contributed by atoms with Crippen LogP contribution in [0.1, 0.15) is 28.8 Å². The molecule has 3 heterocycles. The van der Waals surface area contributed by atoms with E-state index in [1.807, 2.05) is 31.3 Å². The maximum absolute atomic E-state index is 13.5. The van der Waals surface area contributed by atoms with Crippen molar-refractivity contribution in [2.75, 3.05) is 25.0 Å². The highest BCUT2D eigenvalue weighted by Gasteiger charge is 2.24. The molecule has 1 aliphatic rings. The molecule has 3 aromatic rings. The topological polar surface area (TPSA) is 100.0 Å². The molecular weight excluding hydrogens is 384 g/mol. The lowest BCUT2D eigenvalue weighted by molar-refractivity contribution is 0.492. The number of anilines is 1. The molecule has 1 fully saturated rings. The minimum Gasteiger partial charge on any atom is -0.341 e. The van der Waals surface area contributed by atoms with Gasteiger partial charge < -0.3 is 16.0 Å². The first kappa shape index (κ1) is 19.6. The largest absolute Gasteiger partial charge is 0.341 e. The third-order valence-corrected chi connectivity index (χ3v) is 6.33. The van der Waals surface area contributed by atoms with Gasteiger partial charge in [0.25, 0.3) is 5.56 Å². The lowest BCUT2D eigenvalue weighted by Gasteiger charge is -2.33. The van der Waals surface area contributed by atoms with Crippen LogP contribution >= 0.6 is 11.3 Å². The zero-order chi connectivity index (χ0) is 20.4. The van der Waals surface area contributed by atoms with Crippen molar-refractivity contribution in [3.8, 4) is 6.07 Å². The normalized spacial score (nSPS) is 16.9. The Balaban J connectivity index is 1.87. The van der Waals surface area contributed by atoms with E-state index in [9.17, 15) is 10.1 Å². The number of aromatic nitrogens is 2. The van der Waals surface area contributed by atoms with Crippen LogP contribution in [0.5, 0.6) is 0 Å². The van der Waals surface area contributed by atoms with Crippen molar-refractivity contribution in [3.63, 3.8) is 0 Å². The molecule has 7 nitrogen and oxygen atoms in total. The molecule has 2 aromatic heterocycles. The molecule has 1 aliphatic heterocycles. The van der Waals surface area contributed by atoms with Crippen LogP contribution < -0.4 is 21.5 Å². The van der Waals surface area contributed by atoms with Crippen LogP contribution in [0.3, 0.4) is 0 Å². The number of nitriles is 1. The monoisotopic (exact) mass is 408 g/mol. The lowest BCUT2D eigenvalue weighted by atomic mass is 10.1. The van der Waals surface area contributed by atoms with Crippen molar-refractivity contribution in [3.05, 3.63) is 56.7 Å². The van der Waals surface area contributed by atoms with Crippen LogP contribution in [0.4, 0.5) is 5.95 Å². The van der Waals surface area contributed by atoms with Crippen molar-refractivity contribution in [2.24, 2.45) is 5.73 Å². The van der Waals surface area contributed by atoms with Crippen molar-refractivity contribution in [1.82, 2.24) is 14.9 Å². The summed E-state index contributed by atoms with van der Waals surface area (Å²) in [5, 5.41) is 12.6. The van der Waals surface area contributed by atoms with Gasteiger partial charge in [0.2, 0.25) is 5.95 Å². The number of benzene rings is 1. The maximum Gasteiger partial charge on any atom is 0.273 e. The van der Waals surface area contributed by atoms with E-state index in [2.05, 4.69) is 16.3 Å². The molecule has 3 N–H and O–H groups in total. The van der Waals surface area contributed by atoms with Gasteiger partial charge in [-0.1, -0.05) is 18.2 Å². The molecule has 0 radical (unpaired) electrons. The first-order valence-corrected chi connectivity index (χ1v) is 10.6. The minimum atomic E-state index is -0.0655. The second-order valence-electron chi connectivity index (χ2n) is 7.38. The van der Waals surface area contributed by atoms with E-state index in [1.54, 1.807) is 10.6 Å². The van der Waals surface area contributed by atoms with E-state index in [0.29, 0.717) is 35.8 Å². The van der Waals surface area contributed by atoms with Gasteiger partial charge in [-0.05, 0) is 37.6 Å². The molecule has 8 heteroatoms. The SMILES string of the molecule is CNCc1cc2nc(N3CCC[C@@H](N)C3)n(Cc3ccccc3C#N)c(=O)c2s1. The number of nitrogens with one attached hydrogen (secondary N) is 1. The van der Waals surface area contributed by atoms with E-state index < -0.39 is 0 Å². The molecule has 29 heavy (non-hydrogen) atoms. The third-order valence-electron chi connectivity index (χ3n) is 5.22. The average molecular weight is 409 g/mol. The number of hydrogen-bond donors (Lipinski definition) is 2. The number of thiophene rings is 1. The van der Waals surface area contributed by atoms with Crippen molar-refractivity contribution in [1.29, 1.82) is 5.26 Å². The van der Waals surface area contributed by atoms with Crippen LogP contribution in [-0.4, -0.2) is 35.7 Å². The molecular formula is C21H24N6OS. The fraction of sp³-hybridized carbons (Fsp3) is 0.381. The van der Waals surface area contributed by atoms with E-state index >= 15 is 0 Å². The summed E-state index contributed by atoms with van der Waals surface area (Å²) >= 11 is 1.47. The predicted molar refractivity (Wildman–Crippen MR) is 116 cm³/mol. The molecule has 0 saturated carbocycles. The van der Waals surface area contributed by atoms with Gasteiger partial charge in [0.05, 0.1) is 23.7 Å². The first-order valence-electron chi connectivity index (χ1n) is 9.77. The maximum atomic E-state index is 13.5. The van der Waals surface area contributed by atoms with Gasteiger partial charge in [-0.15, -0.1) is 11.3 Å². The highest BCUT2D eigenvalue weighted by Crippen LogP contribution is 2.26. The zero-order valence-corrected chi connectivity index (χ0v) is 17.2. The van der Waals surface area contributed by atoms with Gasteiger partial charge >= 0.3 is 0 Å². The molecule has 0 spiro atoms. The Labute approximate surface area is 173 Å². The Morgan fingerprint density at radius 2 is 2.24 bits per heavy atom. The average Bonchev–Trinajstić information content (AvgIpc) is 3.13. The second kappa shape index (κ2) is 8.33. The summed E-state index contributed by atoms with van der Waals surface area (Å²) in [6.45, 7) is 2.50. The molecule has 0 aliphatic carbocycles. The quantitative estimate of drug-likeness (QED) is 0.670. The highest BCUT2D eigenvalue weighted by atomic mass is 32.1. The summed E-state index contributed by atoms with van der Waals surface area (Å²) in [6.07, 6.45) is 1.95. The molecule has 1 aromatic carbocycles. The van der Waals surface area contributed by atoms with E-state index in [4.69, 9.17) is 10.7 Å². The predicted octanol–water partition coefficient (Wildman–Crippen LogP) is 2.02. The summed E-state index contributed by atoms with van der Waals surface area (Å²) in [5.41, 5.74) is 8.24. The van der Waals surface area contributed by atoms with Gasteiger partial charge in [0.1, 0.15) is 4.70 Å². The molecule has 1 saturated heterocycles. The van der Waals surface area contributed by atoms with E-state index in [0.717, 1.165) is 35.3 Å². The number of nitrogens with zero attached hydrogens (tertiary/aromatic N) is 4. The summed E-state index contributed by atoms with van der Waals surface area (Å²) < 4.78 is 2.35. The van der Waals surface area contributed by atoms with Crippen LogP contribution in [0, 0.1) is 11.3 Å². The van der Waals surface area contributed by atoms with Crippen LogP contribution in [0.2, 0.25) is 0 Å². The Morgan fingerprint density at radius 1 is 1.41 bits per heavy atom. The summed E-state index contributed by atoms with van der Waals surface area (Å²) in [4.78, 5) is 21.5. The fourth-order valence-electron chi connectivity index (χ4n) is 3.82. The molecule has 0 amide bonds. The smallest absolute Gasteiger partial charge is 0.273 e. The Hall–Kier alpha value is -2.73. The van der Waals surface area contributed by atoms with Gasteiger partial charge in [0, 0.05) is 30.6 Å². The summed E-state index contributed by atoms with van der Waals surface area (Å²) in [6, 6.07) is 11.7. The minimum absolute atomic E-state index is 0.0655.